The summed E-state index contributed by atoms with van der Waals surface area (Å²) in [5.41, 5.74) is 1.76. The van der Waals surface area contributed by atoms with E-state index in [1.54, 1.807) is 12.1 Å². The van der Waals surface area contributed by atoms with Crippen molar-refractivity contribution in [1.82, 2.24) is 0 Å². The molecular formula is C10H10O4. The molecule has 1 aromatic rings. The first-order valence-corrected chi connectivity index (χ1v) is 4.24. The van der Waals surface area contributed by atoms with Gasteiger partial charge >= 0.3 is 5.97 Å². The van der Waals surface area contributed by atoms with Crippen LogP contribution in [0.25, 0.3) is 0 Å². The molecule has 0 unspecified atom stereocenters. The normalized spacial score (nSPS) is 13.7. The Hall–Kier alpha value is -1.55. The molecule has 0 radical (unpaired) electrons. The van der Waals surface area contributed by atoms with Crippen LogP contribution in [-0.2, 0) is 18.0 Å². The fourth-order valence-electron chi connectivity index (χ4n) is 1.62. The topological polar surface area (TPSA) is 55.8 Å². The summed E-state index contributed by atoms with van der Waals surface area (Å²) in [7, 11) is 1.50. The van der Waals surface area contributed by atoms with Crippen LogP contribution in [0.2, 0.25) is 0 Å². The summed E-state index contributed by atoms with van der Waals surface area (Å²) < 4.78 is 9.90. The molecule has 0 atom stereocenters. The molecule has 2 rings (SSSR count). The van der Waals surface area contributed by atoms with Gasteiger partial charge in [-0.3, -0.25) is 0 Å². The molecular weight excluding hydrogens is 184 g/mol. The highest BCUT2D eigenvalue weighted by atomic mass is 16.5. The number of aliphatic hydroxyl groups excluding tert-OH is 1. The monoisotopic (exact) mass is 194 g/mol. The van der Waals surface area contributed by atoms with Crippen LogP contribution in [0.1, 0.15) is 21.5 Å². The highest BCUT2D eigenvalue weighted by Gasteiger charge is 2.26. The minimum Gasteiger partial charge on any atom is -0.496 e. The van der Waals surface area contributed by atoms with Gasteiger partial charge in [-0.25, -0.2) is 4.79 Å². The van der Waals surface area contributed by atoms with E-state index < -0.39 is 0 Å². The molecule has 0 bridgehead atoms. The van der Waals surface area contributed by atoms with Crippen molar-refractivity contribution in [2.24, 2.45) is 0 Å². The molecule has 0 amide bonds. The number of carbonyl (C=O) groups is 1. The predicted molar refractivity (Wildman–Crippen MR) is 48.0 cm³/mol. The maximum atomic E-state index is 11.3. The van der Waals surface area contributed by atoms with E-state index in [4.69, 9.17) is 14.6 Å². The molecule has 74 valence electrons. The average molecular weight is 194 g/mol. The summed E-state index contributed by atoms with van der Waals surface area (Å²) in [6.07, 6.45) is 0. The predicted octanol–water partition coefficient (Wildman–Crippen LogP) is 0.858. The molecule has 0 fully saturated rings. The molecule has 4 nitrogen and oxygen atoms in total. The molecule has 1 aliphatic rings. The number of fused-ring (bicyclic) bond motifs is 1. The van der Waals surface area contributed by atoms with Crippen LogP contribution < -0.4 is 4.74 Å². The zero-order chi connectivity index (χ0) is 10.1. The van der Waals surface area contributed by atoms with Gasteiger partial charge in [0.1, 0.15) is 12.4 Å². The average Bonchev–Trinajstić information content (AvgIpc) is 2.59. The number of benzene rings is 1. The van der Waals surface area contributed by atoms with E-state index >= 15 is 0 Å². The van der Waals surface area contributed by atoms with Gasteiger partial charge in [-0.1, -0.05) is 6.07 Å². The van der Waals surface area contributed by atoms with Gasteiger partial charge in [0.05, 0.1) is 19.3 Å². The molecule has 1 aliphatic heterocycles. The standard InChI is InChI=1S/C10H10O4/c1-13-8-3-2-6-5-14-10(12)9(6)7(8)4-11/h2-3,11H,4-5H2,1H3. The fraction of sp³-hybridized carbons (Fsp3) is 0.300. The number of hydrogen-bond acceptors (Lipinski definition) is 4. The van der Waals surface area contributed by atoms with Crippen LogP contribution in [0.15, 0.2) is 12.1 Å². The molecule has 0 aromatic heterocycles. The van der Waals surface area contributed by atoms with Crippen molar-refractivity contribution < 1.29 is 19.4 Å². The van der Waals surface area contributed by atoms with Gasteiger partial charge in [0.25, 0.3) is 0 Å². The number of esters is 1. The smallest absolute Gasteiger partial charge is 0.339 e. The van der Waals surface area contributed by atoms with E-state index in [0.29, 0.717) is 16.9 Å². The van der Waals surface area contributed by atoms with Crippen LogP contribution in [0.3, 0.4) is 0 Å². The van der Waals surface area contributed by atoms with E-state index in [0.717, 1.165) is 5.56 Å². The minimum atomic E-state index is -0.386. The maximum absolute atomic E-state index is 11.3. The van der Waals surface area contributed by atoms with Gasteiger partial charge in [0.2, 0.25) is 0 Å². The summed E-state index contributed by atoms with van der Waals surface area (Å²) in [5, 5.41) is 9.14. The lowest BCUT2D eigenvalue weighted by atomic mass is 10.0. The molecule has 1 aromatic carbocycles. The molecule has 0 spiro atoms. The second kappa shape index (κ2) is 3.31. The van der Waals surface area contributed by atoms with Crippen molar-refractivity contribution in [2.45, 2.75) is 13.2 Å². The van der Waals surface area contributed by atoms with Gasteiger partial charge in [-0.2, -0.15) is 0 Å². The summed E-state index contributed by atoms with van der Waals surface area (Å²) in [6, 6.07) is 3.50. The number of rotatable bonds is 2. The first-order chi connectivity index (χ1) is 6.77. The summed E-state index contributed by atoms with van der Waals surface area (Å²) in [6.45, 7) is 0.0621. The first kappa shape index (κ1) is 9.02. The van der Waals surface area contributed by atoms with Crippen molar-refractivity contribution in [3.8, 4) is 5.75 Å². The zero-order valence-corrected chi connectivity index (χ0v) is 7.74. The number of ether oxygens (including phenoxy) is 2. The second-order valence-electron chi connectivity index (χ2n) is 3.01. The van der Waals surface area contributed by atoms with Gasteiger partial charge in [-0.05, 0) is 6.07 Å². The Morgan fingerprint density at radius 1 is 1.57 bits per heavy atom. The Labute approximate surface area is 81.1 Å². The third-order valence-electron chi connectivity index (χ3n) is 2.30. The lowest BCUT2D eigenvalue weighted by Crippen LogP contribution is -2.03. The Balaban J connectivity index is 2.63. The third kappa shape index (κ3) is 1.15. The van der Waals surface area contributed by atoms with Gasteiger partial charge < -0.3 is 14.6 Å². The van der Waals surface area contributed by atoms with E-state index in [9.17, 15) is 4.79 Å². The molecule has 0 saturated carbocycles. The van der Waals surface area contributed by atoms with Crippen LogP contribution in [0.4, 0.5) is 0 Å². The van der Waals surface area contributed by atoms with Crippen LogP contribution in [-0.4, -0.2) is 18.2 Å². The summed E-state index contributed by atoms with van der Waals surface area (Å²) in [5.74, 6) is 0.132. The molecule has 1 N–H and O–H groups in total. The fourth-order valence-corrected chi connectivity index (χ4v) is 1.62. The van der Waals surface area contributed by atoms with Gasteiger partial charge in [-0.15, -0.1) is 0 Å². The quantitative estimate of drug-likeness (QED) is 0.709. The van der Waals surface area contributed by atoms with Crippen molar-refractivity contribution >= 4 is 5.97 Å². The van der Waals surface area contributed by atoms with E-state index in [1.165, 1.54) is 7.11 Å². The van der Waals surface area contributed by atoms with Crippen LogP contribution in [0.5, 0.6) is 5.75 Å². The van der Waals surface area contributed by atoms with Gasteiger partial charge in [0.15, 0.2) is 0 Å². The summed E-state index contributed by atoms with van der Waals surface area (Å²) in [4.78, 5) is 11.3. The second-order valence-corrected chi connectivity index (χ2v) is 3.01. The third-order valence-corrected chi connectivity index (χ3v) is 2.30. The molecule has 1 heterocycles. The number of hydrogen-bond donors (Lipinski definition) is 1. The highest BCUT2D eigenvalue weighted by Crippen LogP contribution is 2.30. The van der Waals surface area contributed by atoms with Crippen LogP contribution in [0, 0.1) is 0 Å². The summed E-state index contributed by atoms with van der Waals surface area (Å²) >= 11 is 0. The van der Waals surface area contributed by atoms with Crippen molar-refractivity contribution in [2.75, 3.05) is 7.11 Å². The van der Waals surface area contributed by atoms with Crippen molar-refractivity contribution in [3.05, 3.63) is 28.8 Å². The molecule has 14 heavy (non-hydrogen) atoms. The number of carbonyl (C=O) groups excluding carboxylic acids is 1. The Morgan fingerprint density at radius 2 is 2.36 bits per heavy atom. The SMILES string of the molecule is COc1ccc2c(c1CO)C(=O)OC2. The van der Waals surface area contributed by atoms with E-state index in [1.807, 2.05) is 0 Å². The lowest BCUT2D eigenvalue weighted by Gasteiger charge is -2.08. The lowest BCUT2D eigenvalue weighted by molar-refractivity contribution is 0.0532. The Bertz CT molecular complexity index is 384. The zero-order valence-electron chi connectivity index (χ0n) is 7.74. The van der Waals surface area contributed by atoms with E-state index in [-0.39, 0.29) is 19.2 Å². The molecule has 0 aliphatic carbocycles. The number of methoxy groups -OCH3 is 1. The first-order valence-electron chi connectivity index (χ1n) is 4.24. The van der Waals surface area contributed by atoms with E-state index in [2.05, 4.69) is 0 Å². The largest absolute Gasteiger partial charge is 0.496 e. The Morgan fingerprint density at radius 3 is 3.00 bits per heavy atom. The molecule has 0 saturated heterocycles. The van der Waals surface area contributed by atoms with Crippen molar-refractivity contribution in [3.63, 3.8) is 0 Å². The minimum absolute atomic E-state index is 0.221. The number of aliphatic hydroxyl groups is 1. The highest BCUT2D eigenvalue weighted by molar-refractivity contribution is 5.95. The molecule has 4 heteroatoms. The Kier molecular flexibility index (Phi) is 2.13. The maximum Gasteiger partial charge on any atom is 0.339 e. The van der Waals surface area contributed by atoms with Crippen LogP contribution >= 0.6 is 0 Å². The van der Waals surface area contributed by atoms with Gasteiger partial charge in [0, 0.05) is 11.1 Å². The number of cyclic esters (lactones) is 1. The van der Waals surface area contributed by atoms with Crippen molar-refractivity contribution in [1.29, 1.82) is 0 Å².